The van der Waals surface area contributed by atoms with Crippen LogP contribution in [0.3, 0.4) is 0 Å². The molecule has 0 unspecified atom stereocenters. The van der Waals surface area contributed by atoms with Crippen molar-refractivity contribution < 1.29 is 14.3 Å². The summed E-state index contributed by atoms with van der Waals surface area (Å²) in [5, 5.41) is 5.17. The number of carbonyl (C=O) groups excluding carboxylic acids is 2. The summed E-state index contributed by atoms with van der Waals surface area (Å²) in [6.45, 7) is 5.17. The minimum Gasteiger partial charge on any atom is -0.385 e. The third kappa shape index (κ3) is 8.65. The number of methoxy groups -OCH3 is 1. The van der Waals surface area contributed by atoms with Crippen molar-refractivity contribution in [1.82, 2.24) is 10.6 Å². The SMILES string of the molecule is COCCC(C)(C)CNC(=O)CNC(=O)CN. The smallest absolute Gasteiger partial charge is 0.239 e. The third-order valence-electron chi connectivity index (χ3n) is 2.38. The van der Waals surface area contributed by atoms with Gasteiger partial charge in [-0.05, 0) is 11.8 Å². The highest BCUT2D eigenvalue weighted by Gasteiger charge is 2.18. The molecule has 0 rings (SSSR count). The van der Waals surface area contributed by atoms with E-state index in [4.69, 9.17) is 10.5 Å². The Morgan fingerprint density at radius 1 is 1.24 bits per heavy atom. The molecule has 6 nitrogen and oxygen atoms in total. The number of carbonyl (C=O) groups is 2. The van der Waals surface area contributed by atoms with Gasteiger partial charge in [0, 0.05) is 20.3 Å². The van der Waals surface area contributed by atoms with Crippen LogP contribution in [0.1, 0.15) is 20.3 Å². The second-order valence-corrected chi connectivity index (χ2v) is 4.66. The van der Waals surface area contributed by atoms with Gasteiger partial charge >= 0.3 is 0 Å². The van der Waals surface area contributed by atoms with Gasteiger partial charge < -0.3 is 21.1 Å². The molecule has 0 aromatic carbocycles. The highest BCUT2D eigenvalue weighted by molar-refractivity contribution is 5.85. The first kappa shape index (κ1) is 15.9. The topological polar surface area (TPSA) is 93.5 Å². The molecule has 2 amide bonds. The minimum absolute atomic E-state index is 0.0243. The van der Waals surface area contributed by atoms with Gasteiger partial charge in [-0.3, -0.25) is 9.59 Å². The number of amides is 2. The number of nitrogens with two attached hydrogens (primary N) is 1. The fourth-order valence-corrected chi connectivity index (χ4v) is 1.12. The summed E-state index contributed by atoms with van der Waals surface area (Å²) in [5.41, 5.74) is 5.07. The number of hydrogen-bond donors (Lipinski definition) is 3. The van der Waals surface area contributed by atoms with Crippen LogP contribution in [0.4, 0.5) is 0 Å². The van der Waals surface area contributed by atoms with Gasteiger partial charge in [0.15, 0.2) is 0 Å². The maximum atomic E-state index is 11.4. The lowest BCUT2D eigenvalue weighted by atomic mass is 9.90. The zero-order valence-corrected chi connectivity index (χ0v) is 10.8. The number of rotatable bonds is 8. The van der Waals surface area contributed by atoms with Crippen molar-refractivity contribution in [2.75, 3.05) is 33.4 Å². The lowest BCUT2D eigenvalue weighted by molar-refractivity contribution is -0.125. The Kier molecular flexibility index (Phi) is 7.49. The van der Waals surface area contributed by atoms with E-state index >= 15 is 0 Å². The molecule has 0 aliphatic rings. The molecular formula is C11H23N3O3. The van der Waals surface area contributed by atoms with E-state index in [1.165, 1.54) is 0 Å². The number of nitrogens with one attached hydrogen (secondary N) is 2. The Bertz CT molecular complexity index is 254. The third-order valence-corrected chi connectivity index (χ3v) is 2.38. The first-order valence-corrected chi connectivity index (χ1v) is 5.63. The van der Waals surface area contributed by atoms with Crippen molar-refractivity contribution >= 4 is 11.8 Å². The summed E-state index contributed by atoms with van der Waals surface area (Å²) in [4.78, 5) is 22.2. The van der Waals surface area contributed by atoms with Gasteiger partial charge in [0.25, 0.3) is 0 Å². The molecule has 0 bridgehead atoms. The van der Waals surface area contributed by atoms with Crippen LogP contribution in [-0.4, -0.2) is 45.2 Å². The fraction of sp³-hybridized carbons (Fsp3) is 0.818. The Morgan fingerprint density at radius 2 is 1.88 bits per heavy atom. The van der Waals surface area contributed by atoms with Gasteiger partial charge in [0.2, 0.25) is 11.8 Å². The molecule has 0 saturated carbocycles. The van der Waals surface area contributed by atoms with Crippen LogP contribution in [0.2, 0.25) is 0 Å². The predicted octanol–water partition coefficient (Wildman–Crippen LogP) is -0.760. The first-order chi connectivity index (χ1) is 7.91. The normalized spacial score (nSPS) is 11.1. The first-order valence-electron chi connectivity index (χ1n) is 5.63. The Morgan fingerprint density at radius 3 is 2.41 bits per heavy atom. The fourth-order valence-electron chi connectivity index (χ4n) is 1.12. The predicted molar refractivity (Wildman–Crippen MR) is 65.3 cm³/mol. The summed E-state index contributed by atoms with van der Waals surface area (Å²) in [6, 6.07) is 0. The van der Waals surface area contributed by atoms with Crippen LogP contribution >= 0.6 is 0 Å². The molecule has 17 heavy (non-hydrogen) atoms. The molecule has 0 aliphatic carbocycles. The maximum absolute atomic E-state index is 11.4. The summed E-state index contributed by atoms with van der Waals surface area (Å²) in [5.74, 6) is -0.545. The average molecular weight is 245 g/mol. The van der Waals surface area contributed by atoms with Crippen LogP contribution in [0, 0.1) is 5.41 Å². The zero-order chi connectivity index (χ0) is 13.3. The molecule has 0 aliphatic heterocycles. The van der Waals surface area contributed by atoms with Gasteiger partial charge in [-0.1, -0.05) is 13.8 Å². The van der Waals surface area contributed by atoms with Crippen molar-refractivity contribution in [3.63, 3.8) is 0 Å². The molecule has 4 N–H and O–H groups in total. The molecule has 100 valence electrons. The average Bonchev–Trinajstić information content (AvgIpc) is 2.31. The lowest BCUT2D eigenvalue weighted by Gasteiger charge is -2.24. The molecule has 0 spiro atoms. The summed E-state index contributed by atoms with van der Waals surface area (Å²) in [7, 11) is 1.65. The van der Waals surface area contributed by atoms with E-state index in [9.17, 15) is 9.59 Å². The monoisotopic (exact) mass is 245 g/mol. The summed E-state index contributed by atoms with van der Waals surface area (Å²) in [6.07, 6.45) is 0.860. The van der Waals surface area contributed by atoms with Gasteiger partial charge in [-0.2, -0.15) is 0 Å². The van der Waals surface area contributed by atoms with E-state index in [1.54, 1.807) is 7.11 Å². The van der Waals surface area contributed by atoms with Crippen molar-refractivity contribution in [3.05, 3.63) is 0 Å². The Hall–Kier alpha value is -1.14. The van der Waals surface area contributed by atoms with Gasteiger partial charge in [0.1, 0.15) is 0 Å². The zero-order valence-electron chi connectivity index (χ0n) is 10.8. The van der Waals surface area contributed by atoms with E-state index in [2.05, 4.69) is 10.6 Å². The molecule has 0 atom stereocenters. The second-order valence-electron chi connectivity index (χ2n) is 4.66. The number of ether oxygens (including phenoxy) is 1. The van der Waals surface area contributed by atoms with E-state index in [0.29, 0.717) is 13.2 Å². The van der Waals surface area contributed by atoms with Gasteiger partial charge in [0.05, 0.1) is 13.1 Å². The van der Waals surface area contributed by atoms with E-state index < -0.39 is 0 Å². The van der Waals surface area contributed by atoms with Crippen LogP contribution in [0.15, 0.2) is 0 Å². The van der Waals surface area contributed by atoms with Crippen LogP contribution < -0.4 is 16.4 Å². The lowest BCUT2D eigenvalue weighted by Crippen LogP contribution is -2.42. The molecule has 0 aromatic heterocycles. The van der Waals surface area contributed by atoms with E-state index in [-0.39, 0.29) is 30.3 Å². The molecule has 0 aromatic rings. The maximum Gasteiger partial charge on any atom is 0.239 e. The molecule has 0 fully saturated rings. The van der Waals surface area contributed by atoms with Gasteiger partial charge in [-0.15, -0.1) is 0 Å². The van der Waals surface area contributed by atoms with Crippen molar-refractivity contribution in [2.24, 2.45) is 11.1 Å². The van der Waals surface area contributed by atoms with Gasteiger partial charge in [-0.25, -0.2) is 0 Å². The number of hydrogen-bond acceptors (Lipinski definition) is 4. The quantitative estimate of drug-likeness (QED) is 0.524. The molecular weight excluding hydrogens is 222 g/mol. The van der Waals surface area contributed by atoms with Crippen LogP contribution in [0.5, 0.6) is 0 Å². The largest absolute Gasteiger partial charge is 0.385 e. The molecule has 0 saturated heterocycles. The van der Waals surface area contributed by atoms with Crippen molar-refractivity contribution in [2.45, 2.75) is 20.3 Å². The minimum atomic E-state index is -0.334. The second kappa shape index (κ2) is 8.03. The highest BCUT2D eigenvalue weighted by atomic mass is 16.5. The van der Waals surface area contributed by atoms with Crippen molar-refractivity contribution in [3.8, 4) is 0 Å². The van der Waals surface area contributed by atoms with E-state index in [0.717, 1.165) is 6.42 Å². The highest BCUT2D eigenvalue weighted by Crippen LogP contribution is 2.18. The molecule has 0 radical (unpaired) electrons. The summed E-state index contributed by atoms with van der Waals surface area (Å²) < 4.78 is 4.99. The van der Waals surface area contributed by atoms with Crippen LogP contribution in [-0.2, 0) is 14.3 Å². The Labute approximate surface area is 102 Å². The Balaban J connectivity index is 3.78. The molecule has 0 heterocycles. The van der Waals surface area contributed by atoms with Crippen LogP contribution in [0.25, 0.3) is 0 Å². The summed E-state index contributed by atoms with van der Waals surface area (Å²) >= 11 is 0. The molecule has 6 heteroatoms. The standard InChI is InChI=1S/C11H23N3O3/c1-11(2,4-5-17-3)8-14-10(16)7-13-9(15)6-12/h4-8,12H2,1-3H3,(H,13,15)(H,14,16). The van der Waals surface area contributed by atoms with Crippen molar-refractivity contribution in [1.29, 1.82) is 0 Å². The van der Waals surface area contributed by atoms with E-state index in [1.807, 2.05) is 13.8 Å².